The van der Waals surface area contributed by atoms with Gasteiger partial charge in [0.15, 0.2) is 0 Å². The standard InChI is InChI=1S/C12H16BrCl2NO2S2/c1-8-2-4-12(7-13,5-3-8)16-20(17,18)9-6-10(14)19-11(9)15/h6,8,16H,2-5,7H2,1H3. The average molecular weight is 421 g/mol. The molecule has 1 aromatic heterocycles. The fourth-order valence-corrected chi connectivity index (χ4v) is 6.92. The number of rotatable bonds is 4. The fraction of sp³-hybridized carbons (Fsp3) is 0.667. The monoisotopic (exact) mass is 419 g/mol. The van der Waals surface area contributed by atoms with Crippen LogP contribution in [0.1, 0.15) is 32.6 Å². The van der Waals surface area contributed by atoms with Gasteiger partial charge in [0.25, 0.3) is 0 Å². The number of alkyl halides is 1. The summed E-state index contributed by atoms with van der Waals surface area (Å²) in [5.41, 5.74) is -0.427. The first-order valence-corrected chi connectivity index (χ1v) is 10.5. The average Bonchev–Trinajstić information content (AvgIpc) is 2.72. The van der Waals surface area contributed by atoms with Crippen LogP contribution in [-0.2, 0) is 10.0 Å². The molecule has 20 heavy (non-hydrogen) atoms. The second-order valence-corrected chi connectivity index (χ2v) is 9.89. The van der Waals surface area contributed by atoms with E-state index in [1.54, 1.807) is 0 Å². The number of halogens is 3. The zero-order valence-corrected chi connectivity index (χ0v) is 15.7. The van der Waals surface area contributed by atoms with E-state index in [0.717, 1.165) is 37.0 Å². The van der Waals surface area contributed by atoms with Gasteiger partial charge < -0.3 is 0 Å². The maximum Gasteiger partial charge on any atom is 0.243 e. The molecule has 0 spiro atoms. The summed E-state index contributed by atoms with van der Waals surface area (Å²) >= 11 is 16.3. The minimum atomic E-state index is -3.64. The van der Waals surface area contributed by atoms with Crippen LogP contribution in [0.3, 0.4) is 0 Å². The van der Waals surface area contributed by atoms with E-state index in [1.807, 2.05) is 0 Å². The normalized spacial score (nSPS) is 27.7. The Hall–Kier alpha value is 0.670. The van der Waals surface area contributed by atoms with Gasteiger partial charge in [-0.15, -0.1) is 11.3 Å². The smallest absolute Gasteiger partial charge is 0.207 e. The molecule has 1 fully saturated rings. The SMILES string of the molecule is CC1CCC(CBr)(NS(=O)(=O)c2cc(Cl)sc2Cl)CC1. The van der Waals surface area contributed by atoms with Crippen molar-refractivity contribution < 1.29 is 8.42 Å². The molecule has 0 unspecified atom stereocenters. The summed E-state index contributed by atoms with van der Waals surface area (Å²) in [6, 6.07) is 1.41. The molecule has 1 aliphatic carbocycles. The van der Waals surface area contributed by atoms with Crippen molar-refractivity contribution in [2.45, 2.75) is 43.0 Å². The number of hydrogen-bond donors (Lipinski definition) is 1. The predicted octanol–water partition coefficient (Wildman–Crippen LogP) is 4.68. The molecule has 0 aliphatic heterocycles. The second kappa shape index (κ2) is 6.42. The number of nitrogens with one attached hydrogen (secondary N) is 1. The fourth-order valence-electron chi connectivity index (χ4n) is 2.43. The highest BCUT2D eigenvalue weighted by atomic mass is 79.9. The molecule has 1 aliphatic rings. The van der Waals surface area contributed by atoms with Gasteiger partial charge in [-0.2, -0.15) is 0 Å². The van der Waals surface area contributed by atoms with Gasteiger partial charge in [0.2, 0.25) is 10.0 Å². The lowest BCUT2D eigenvalue weighted by Crippen LogP contribution is -2.51. The molecule has 1 heterocycles. The van der Waals surface area contributed by atoms with Crippen LogP contribution in [0.2, 0.25) is 8.67 Å². The first-order valence-electron chi connectivity index (χ1n) is 6.33. The number of sulfonamides is 1. The van der Waals surface area contributed by atoms with E-state index in [2.05, 4.69) is 27.6 Å². The molecule has 0 saturated heterocycles. The van der Waals surface area contributed by atoms with Gasteiger partial charge in [-0.25, -0.2) is 13.1 Å². The predicted molar refractivity (Wildman–Crippen MR) is 88.8 cm³/mol. The Morgan fingerprint density at radius 3 is 2.50 bits per heavy atom. The third kappa shape index (κ3) is 3.70. The zero-order chi connectivity index (χ0) is 15.0. The maximum atomic E-state index is 12.5. The molecule has 0 aromatic carbocycles. The summed E-state index contributed by atoms with van der Waals surface area (Å²) in [5.74, 6) is 0.644. The van der Waals surface area contributed by atoms with E-state index in [4.69, 9.17) is 23.2 Å². The van der Waals surface area contributed by atoms with Crippen LogP contribution in [0.15, 0.2) is 11.0 Å². The van der Waals surface area contributed by atoms with Crippen LogP contribution in [0.25, 0.3) is 0 Å². The zero-order valence-electron chi connectivity index (χ0n) is 11.0. The lowest BCUT2D eigenvalue weighted by Gasteiger charge is -2.38. The summed E-state index contributed by atoms with van der Waals surface area (Å²) < 4.78 is 28.4. The highest BCUT2D eigenvalue weighted by Crippen LogP contribution is 2.38. The van der Waals surface area contributed by atoms with E-state index in [-0.39, 0.29) is 9.23 Å². The first kappa shape index (κ1) is 17.0. The lowest BCUT2D eigenvalue weighted by molar-refractivity contribution is 0.250. The largest absolute Gasteiger partial charge is 0.243 e. The van der Waals surface area contributed by atoms with E-state index in [9.17, 15) is 8.42 Å². The van der Waals surface area contributed by atoms with Crippen LogP contribution < -0.4 is 4.72 Å². The molecule has 0 amide bonds. The molecule has 3 nitrogen and oxygen atoms in total. The van der Waals surface area contributed by atoms with Gasteiger partial charge in [0.05, 0.1) is 4.34 Å². The quantitative estimate of drug-likeness (QED) is 0.718. The summed E-state index contributed by atoms with van der Waals surface area (Å²) in [6.45, 7) is 2.20. The Morgan fingerprint density at radius 2 is 2.05 bits per heavy atom. The van der Waals surface area contributed by atoms with Crippen molar-refractivity contribution in [1.82, 2.24) is 4.72 Å². The van der Waals surface area contributed by atoms with Gasteiger partial charge in [0.1, 0.15) is 9.23 Å². The third-order valence-corrected chi connectivity index (χ3v) is 8.16. The van der Waals surface area contributed by atoms with E-state index < -0.39 is 15.6 Å². The Morgan fingerprint density at radius 1 is 1.45 bits per heavy atom. The molecule has 2 rings (SSSR count). The van der Waals surface area contributed by atoms with Crippen LogP contribution in [0.4, 0.5) is 0 Å². The topological polar surface area (TPSA) is 46.2 Å². The van der Waals surface area contributed by atoms with Crippen molar-refractivity contribution in [3.05, 3.63) is 14.7 Å². The van der Waals surface area contributed by atoms with Gasteiger partial charge in [-0.3, -0.25) is 0 Å². The molecule has 0 atom stereocenters. The minimum Gasteiger partial charge on any atom is -0.207 e. The van der Waals surface area contributed by atoms with Gasteiger partial charge >= 0.3 is 0 Å². The molecule has 0 radical (unpaired) electrons. The molecule has 8 heteroatoms. The van der Waals surface area contributed by atoms with Gasteiger partial charge in [-0.05, 0) is 37.7 Å². The van der Waals surface area contributed by atoms with E-state index in [1.165, 1.54) is 6.07 Å². The summed E-state index contributed by atoms with van der Waals surface area (Å²) in [7, 11) is -3.64. The molecular formula is C12H16BrCl2NO2S2. The van der Waals surface area contributed by atoms with Crippen molar-refractivity contribution in [2.24, 2.45) is 5.92 Å². The highest BCUT2D eigenvalue weighted by Gasteiger charge is 2.38. The van der Waals surface area contributed by atoms with Crippen LogP contribution in [-0.4, -0.2) is 19.3 Å². The van der Waals surface area contributed by atoms with Crippen molar-refractivity contribution >= 4 is 60.5 Å². The molecule has 1 aromatic rings. The van der Waals surface area contributed by atoms with Crippen molar-refractivity contribution in [1.29, 1.82) is 0 Å². The van der Waals surface area contributed by atoms with Crippen molar-refractivity contribution in [3.63, 3.8) is 0 Å². The minimum absolute atomic E-state index is 0.0770. The Balaban J connectivity index is 2.24. The lowest BCUT2D eigenvalue weighted by atomic mass is 9.79. The molecule has 1 N–H and O–H groups in total. The number of hydrogen-bond acceptors (Lipinski definition) is 3. The van der Waals surface area contributed by atoms with Crippen molar-refractivity contribution in [2.75, 3.05) is 5.33 Å². The summed E-state index contributed by atoms with van der Waals surface area (Å²) in [5, 5.41) is 0.599. The highest BCUT2D eigenvalue weighted by molar-refractivity contribution is 9.09. The van der Waals surface area contributed by atoms with Crippen LogP contribution in [0.5, 0.6) is 0 Å². The second-order valence-electron chi connectivity index (χ2n) is 5.39. The van der Waals surface area contributed by atoms with Gasteiger partial charge in [-0.1, -0.05) is 46.1 Å². The number of thiophene rings is 1. The van der Waals surface area contributed by atoms with Crippen molar-refractivity contribution in [3.8, 4) is 0 Å². The van der Waals surface area contributed by atoms with E-state index >= 15 is 0 Å². The summed E-state index contributed by atoms with van der Waals surface area (Å²) in [4.78, 5) is 0.0770. The first-order chi connectivity index (χ1) is 9.28. The van der Waals surface area contributed by atoms with Crippen LogP contribution >= 0.6 is 50.5 Å². The maximum absolute atomic E-state index is 12.5. The summed E-state index contributed by atoms with van der Waals surface area (Å²) in [6.07, 6.45) is 3.70. The van der Waals surface area contributed by atoms with Crippen LogP contribution in [0, 0.1) is 5.92 Å². The van der Waals surface area contributed by atoms with E-state index in [0.29, 0.717) is 15.6 Å². The molecule has 114 valence electrons. The third-order valence-electron chi connectivity index (χ3n) is 3.75. The Bertz CT molecular complexity index is 580. The Labute approximate surface area is 142 Å². The molecule has 0 bridgehead atoms. The molecular weight excluding hydrogens is 405 g/mol. The Kier molecular flexibility index (Phi) is 5.47. The molecule has 1 saturated carbocycles. The van der Waals surface area contributed by atoms with Gasteiger partial charge in [0, 0.05) is 10.9 Å².